The number of para-hydroxylation sites is 1. The number of ether oxygens (including phenoxy) is 1. The zero-order valence-corrected chi connectivity index (χ0v) is 14.2. The Morgan fingerprint density at radius 1 is 1.22 bits per heavy atom. The monoisotopic (exact) mass is 353 g/mol. The molecule has 23 heavy (non-hydrogen) atoms. The number of amides is 1. The fourth-order valence-electron chi connectivity index (χ4n) is 2.00. The summed E-state index contributed by atoms with van der Waals surface area (Å²) in [6.07, 6.45) is 1.09. The van der Waals surface area contributed by atoms with Crippen molar-refractivity contribution < 1.29 is 17.9 Å². The minimum atomic E-state index is -3.43. The molecule has 2 aromatic rings. The van der Waals surface area contributed by atoms with E-state index in [1.165, 1.54) is 12.1 Å². The lowest BCUT2D eigenvalue weighted by Gasteiger charge is -2.11. The number of benzene rings is 2. The van der Waals surface area contributed by atoms with Gasteiger partial charge in [-0.2, -0.15) is 0 Å². The molecule has 0 spiro atoms. The number of halogens is 1. The number of hydrogen-bond acceptors (Lipinski definition) is 4. The maximum Gasteiger partial charge on any atom is 0.262 e. The van der Waals surface area contributed by atoms with Gasteiger partial charge in [0.25, 0.3) is 5.91 Å². The summed E-state index contributed by atoms with van der Waals surface area (Å²) in [6, 6.07) is 11.3. The second-order valence-electron chi connectivity index (χ2n) is 5.01. The van der Waals surface area contributed by atoms with Gasteiger partial charge >= 0.3 is 0 Å². The summed E-state index contributed by atoms with van der Waals surface area (Å²) in [7, 11) is -3.43. The van der Waals surface area contributed by atoms with Crippen LogP contribution in [0.4, 0.5) is 5.69 Å². The largest absolute Gasteiger partial charge is 0.483 e. The highest BCUT2D eigenvalue weighted by Gasteiger charge is 2.14. The molecule has 0 saturated carbocycles. The van der Waals surface area contributed by atoms with E-state index < -0.39 is 15.7 Å². The van der Waals surface area contributed by atoms with Crippen LogP contribution in [-0.4, -0.2) is 27.2 Å². The van der Waals surface area contributed by atoms with Crippen LogP contribution >= 0.6 is 11.6 Å². The Morgan fingerprint density at radius 2 is 1.91 bits per heavy atom. The molecule has 0 fully saturated rings. The Bertz CT molecular complexity index is 834. The van der Waals surface area contributed by atoms with Gasteiger partial charge in [0.2, 0.25) is 0 Å². The number of carbonyl (C=O) groups is 1. The third-order valence-electron chi connectivity index (χ3n) is 3.06. The van der Waals surface area contributed by atoms with E-state index in [0.29, 0.717) is 10.8 Å². The van der Waals surface area contributed by atoms with Crippen molar-refractivity contribution in [2.75, 3.05) is 18.2 Å². The van der Waals surface area contributed by atoms with Crippen LogP contribution in [0.1, 0.15) is 5.56 Å². The van der Waals surface area contributed by atoms with E-state index in [4.69, 9.17) is 16.3 Å². The van der Waals surface area contributed by atoms with Crippen LogP contribution in [-0.2, 0) is 14.6 Å². The lowest BCUT2D eigenvalue weighted by atomic mass is 10.2. The van der Waals surface area contributed by atoms with Crippen LogP contribution in [0, 0.1) is 6.92 Å². The summed E-state index contributed by atoms with van der Waals surface area (Å²) in [6.45, 7) is 1.58. The Balaban J connectivity index is 2.06. The summed E-state index contributed by atoms with van der Waals surface area (Å²) < 4.78 is 28.8. The zero-order chi connectivity index (χ0) is 17.0. The molecule has 0 aromatic heterocycles. The van der Waals surface area contributed by atoms with Crippen LogP contribution in [0.25, 0.3) is 0 Å². The number of hydrogen-bond donors (Lipinski definition) is 1. The molecule has 122 valence electrons. The van der Waals surface area contributed by atoms with Crippen LogP contribution in [0.15, 0.2) is 47.4 Å². The fourth-order valence-corrected chi connectivity index (χ4v) is 3.07. The second-order valence-corrected chi connectivity index (χ2v) is 7.44. The van der Waals surface area contributed by atoms with Crippen molar-refractivity contribution in [2.45, 2.75) is 11.8 Å². The van der Waals surface area contributed by atoms with E-state index in [0.717, 1.165) is 11.8 Å². The fraction of sp³-hybridized carbons (Fsp3) is 0.188. The maximum absolute atomic E-state index is 12.0. The predicted molar refractivity (Wildman–Crippen MR) is 89.9 cm³/mol. The van der Waals surface area contributed by atoms with E-state index >= 15 is 0 Å². The number of sulfone groups is 1. The average molecular weight is 354 g/mol. The van der Waals surface area contributed by atoms with Crippen LogP contribution < -0.4 is 10.1 Å². The molecule has 2 aromatic carbocycles. The van der Waals surface area contributed by atoms with Gasteiger partial charge in [0.1, 0.15) is 5.75 Å². The smallest absolute Gasteiger partial charge is 0.262 e. The maximum atomic E-state index is 12.0. The highest BCUT2D eigenvalue weighted by atomic mass is 35.5. The Labute approximate surface area is 140 Å². The minimum Gasteiger partial charge on any atom is -0.483 e. The number of rotatable bonds is 5. The van der Waals surface area contributed by atoms with Crippen LogP contribution in [0.2, 0.25) is 5.02 Å². The van der Waals surface area contributed by atoms with Crippen LogP contribution in [0.3, 0.4) is 0 Å². The molecular weight excluding hydrogens is 338 g/mol. The molecule has 0 saturated heterocycles. The lowest BCUT2D eigenvalue weighted by Crippen LogP contribution is -2.21. The summed E-state index contributed by atoms with van der Waals surface area (Å²) in [4.78, 5) is 12.1. The number of aryl methyl sites for hydroxylation is 1. The van der Waals surface area contributed by atoms with E-state index in [1.807, 2.05) is 6.92 Å². The predicted octanol–water partition coefficient (Wildman–Crippen LogP) is 3.07. The van der Waals surface area contributed by atoms with Crippen molar-refractivity contribution in [3.05, 3.63) is 53.1 Å². The normalized spacial score (nSPS) is 11.1. The van der Waals surface area contributed by atoms with Crippen molar-refractivity contribution in [2.24, 2.45) is 0 Å². The Hall–Kier alpha value is -2.05. The van der Waals surface area contributed by atoms with Crippen molar-refractivity contribution in [3.8, 4) is 5.75 Å². The highest BCUT2D eigenvalue weighted by Crippen LogP contribution is 2.23. The first-order valence-electron chi connectivity index (χ1n) is 6.75. The quantitative estimate of drug-likeness (QED) is 0.896. The number of anilines is 1. The van der Waals surface area contributed by atoms with Gasteiger partial charge in [0.15, 0.2) is 16.4 Å². The molecule has 0 aliphatic rings. The first kappa shape index (κ1) is 17.3. The molecule has 0 aliphatic heterocycles. The highest BCUT2D eigenvalue weighted by molar-refractivity contribution is 7.90. The topological polar surface area (TPSA) is 72.5 Å². The molecule has 1 amide bonds. The summed E-state index contributed by atoms with van der Waals surface area (Å²) in [5, 5.41) is 3.13. The van der Waals surface area contributed by atoms with Crippen molar-refractivity contribution >= 4 is 33.0 Å². The standard InChI is InChI=1S/C16H16ClNO4S/c1-11-9-12(17)7-8-14(11)22-10-16(19)18-13-5-3-4-6-15(13)23(2,20)21/h3-9H,10H2,1-2H3,(H,18,19). The Morgan fingerprint density at radius 3 is 2.57 bits per heavy atom. The molecule has 0 radical (unpaired) electrons. The van der Waals surface area contributed by atoms with E-state index in [2.05, 4.69) is 5.32 Å². The third-order valence-corrected chi connectivity index (χ3v) is 4.45. The van der Waals surface area contributed by atoms with Crippen molar-refractivity contribution in [1.29, 1.82) is 0 Å². The van der Waals surface area contributed by atoms with Gasteiger partial charge in [-0.15, -0.1) is 0 Å². The molecule has 0 atom stereocenters. The van der Waals surface area contributed by atoms with Crippen molar-refractivity contribution in [3.63, 3.8) is 0 Å². The lowest BCUT2D eigenvalue weighted by molar-refractivity contribution is -0.118. The summed E-state index contributed by atoms with van der Waals surface area (Å²) in [5.74, 6) is 0.0939. The van der Waals surface area contributed by atoms with Gasteiger partial charge in [-0.25, -0.2) is 8.42 Å². The minimum absolute atomic E-state index is 0.0658. The first-order chi connectivity index (χ1) is 10.8. The zero-order valence-electron chi connectivity index (χ0n) is 12.7. The van der Waals surface area contributed by atoms with Gasteiger partial charge < -0.3 is 10.1 Å². The molecule has 7 heteroatoms. The molecule has 1 N–H and O–H groups in total. The van der Waals surface area contributed by atoms with E-state index in [-0.39, 0.29) is 17.2 Å². The molecule has 5 nitrogen and oxygen atoms in total. The molecule has 0 unspecified atom stereocenters. The molecule has 0 heterocycles. The second kappa shape index (κ2) is 7.02. The third kappa shape index (κ3) is 4.71. The number of carbonyl (C=O) groups excluding carboxylic acids is 1. The SMILES string of the molecule is Cc1cc(Cl)ccc1OCC(=O)Nc1ccccc1S(C)(=O)=O. The molecule has 0 aliphatic carbocycles. The van der Waals surface area contributed by atoms with Gasteiger partial charge in [0, 0.05) is 11.3 Å². The summed E-state index contributed by atoms with van der Waals surface area (Å²) >= 11 is 5.86. The number of nitrogens with one attached hydrogen (secondary N) is 1. The first-order valence-corrected chi connectivity index (χ1v) is 9.02. The van der Waals surface area contributed by atoms with E-state index in [9.17, 15) is 13.2 Å². The van der Waals surface area contributed by atoms with Gasteiger partial charge in [-0.05, 0) is 42.8 Å². The molecular formula is C16H16ClNO4S. The van der Waals surface area contributed by atoms with Gasteiger partial charge in [-0.1, -0.05) is 23.7 Å². The van der Waals surface area contributed by atoms with E-state index in [1.54, 1.807) is 30.3 Å². The van der Waals surface area contributed by atoms with Gasteiger partial charge in [0.05, 0.1) is 10.6 Å². The molecule has 2 rings (SSSR count). The van der Waals surface area contributed by atoms with Crippen LogP contribution in [0.5, 0.6) is 5.75 Å². The average Bonchev–Trinajstić information content (AvgIpc) is 2.46. The van der Waals surface area contributed by atoms with Crippen molar-refractivity contribution in [1.82, 2.24) is 0 Å². The molecule has 0 bridgehead atoms. The summed E-state index contributed by atoms with van der Waals surface area (Å²) in [5.41, 5.74) is 1.04. The van der Waals surface area contributed by atoms with Gasteiger partial charge in [-0.3, -0.25) is 4.79 Å². The Kier molecular flexibility index (Phi) is 5.28.